The van der Waals surface area contributed by atoms with Crippen molar-refractivity contribution in [1.82, 2.24) is 19.7 Å². The van der Waals surface area contributed by atoms with Gasteiger partial charge in [-0.2, -0.15) is 5.10 Å². The molecular formula is C21H19N5O4. The van der Waals surface area contributed by atoms with E-state index in [0.29, 0.717) is 22.5 Å². The summed E-state index contributed by atoms with van der Waals surface area (Å²) in [7, 11) is 1.55. The maximum absolute atomic E-state index is 12.4. The first-order valence-electron chi connectivity index (χ1n) is 9.14. The smallest absolute Gasteiger partial charge is 0.352 e. The maximum Gasteiger partial charge on any atom is 0.352 e. The van der Waals surface area contributed by atoms with Crippen molar-refractivity contribution in [3.63, 3.8) is 0 Å². The zero-order valence-corrected chi connectivity index (χ0v) is 16.1. The van der Waals surface area contributed by atoms with E-state index < -0.39 is 17.9 Å². The first-order chi connectivity index (χ1) is 14.5. The van der Waals surface area contributed by atoms with Gasteiger partial charge in [0.2, 0.25) is 5.91 Å². The van der Waals surface area contributed by atoms with Gasteiger partial charge in [-0.05, 0) is 35.9 Å². The van der Waals surface area contributed by atoms with Crippen LogP contribution in [0.15, 0.2) is 54.9 Å². The number of carbonyl (C=O) groups excluding carboxylic acids is 1. The lowest BCUT2D eigenvalue weighted by Crippen LogP contribution is -2.30. The Morgan fingerprint density at radius 3 is 2.77 bits per heavy atom. The summed E-state index contributed by atoms with van der Waals surface area (Å²) in [5.41, 5.74) is 8.13. The molecule has 1 atom stereocenters. The van der Waals surface area contributed by atoms with Gasteiger partial charge in [-0.25, -0.2) is 9.78 Å². The van der Waals surface area contributed by atoms with Crippen LogP contribution in [-0.2, 0) is 11.2 Å². The number of aromatic amines is 1. The number of fused-ring (bicyclic) bond motifs is 1. The molecule has 1 unspecified atom stereocenters. The minimum atomic E-state index is -1.17. The molecule has 0 bridgehead atoms. The van der Waals surface area contributed by atoms with E-state index in [1.54, 1.807) is 49.8 Å². The second kappa shape index (κ2) is 7.70. The fraction of sp³-hybridized carbons (Fsp3) is 0.143. The predicted molar refractivity (Wildman–Crippen MR) is 109 cm³/mol. The zero-order chi connectivity index (χ0) is 21.3. The Morgan fingerprint density at radius 2 is 2.10 bits per heavy atom. The van der Waals surface area contributed by atoms with Crippen molar-refractivity contribution in [2.45, 2.75) is 12.5 Å². The van der Waals surface area contributed by atoms with Crippen LogP contribution in [0.2, 0.25) is 0 Å². The summed E-state index contributed by atoms with van der Waals surface area (Å²) in [6.07, 6.45) is 3.48. The molecule has 0 radical (unpaired) electrons. The molecule has 4 rings (SSSR count). The number of methoxy groups -OCH3 is 1. The van der Waals surface area contributed by atoms with Gasteiger partial charge in [0, 0.05) is 23.6 Å². The number of benzene rings is 1. The molecule has 1 amide bonds. The van der Waals surface area contributed by atoms with Crippen LogP contribution < -0.4 is 10.5 Å². The van der Waals surface area contributed by atoms with Gasteiger partial charge < -0.3 is 20.1 Å². The van der Waals surface area contributed by atoms with Gasteiger partial charge in [0.1, 0.15) is 23.1 Å². The molecule has 0 aliphatic heterocycles. The number of H-pyrrole nitrogens is 1. The van der Waals surface area contributed by atoms with Crippen molar-refractivity contribution in [2.24, 2.45) is 5.73 Å². The molecule has 3 aromatic heterocycles. The molecule has 0 aliphatic carbocycles. The van der Waals surface area contributed by atoms with Gasteiger partial charge in [0.05, 0.1) is 19.0 Å². The number of nitrogens with zero attached hydrogens (tertiary/aromatic N) is 3. The van der Waals surface area contributed by atoms with E-state index in [1.165, 1.54) is 10.6 Å². The Kier molecular flexibility index (Phi) is 4.93. The van der Waals surface area contributed by atoms with E-state index in [0.717, 1.165) is 11.1 Å². The van der Waals surface area contributed by atoms with Gasteiger partial charge in [-0.1, -0.05) is 12.1 Å². The minimum absolute atomic E-state index is 0.0615. The lowest BCUT2D eigenvalue weighted by atomic mass is 10.0. The van der Waals surface area contributed by atoms with Gasteiger partial charge in [-0.3, -0.25) is 9.89 Å². The van der Waals surface area contributed by atoms with Crippen molar-refractivity contribution < 1.29 is 19.4 Å². The molecule has 152 valence electrons. The fourth-order valence-corrected chi connectivity index (χ4v) is 3.47. The number of rotatable bonds is 7. The van der Waals surface area contributed by atoms with Crippen LogP contribution in [-0.4, -0.2) is 43.8 Å². The normalized spacial score (nSPS) is 12.0. The highest BCUT2D eigenvalue weighted by atomic mass is 16.5. The van der Waals surface area contributed by atoms with Crippen molar-refractivity contribution >= 4 is 22.9 Å². The number of primary amides is 1. The standard InChI is InChI=1S/C21H19N5O4/c1-30-15-4-2-3-12(7-15)8-17(19(22)27)26-18(21(28)29)9-13-5-6-16(25-20(13)26)14-10-23-24-11-14/h2-7,9-11,17H,8H2,1H3,(H2,22,27)(H,23,24)(H,28,29). The number of aromatic carboxylic acids is 1. The number of aromatic nitrogens is 4. The third kappa shape index (κ3) is 3.48. The molecule has 30 heavy (non-hydrogen) atoms. The van der Waals surface area contributed by atoms with Crippen LogP contribution in [0.3, 0.4) is 0 Å². The molecule has 0 fully saturated rings. The second-order valence-electron chi connectivity index (χ2n) is 6.77. The van der Waals surface area contributed by atoms with Gasteiger partial charge in [0.25, 0.3) is 0 Å². The Morgan fingerprint density at radius 1 is 1.27 bits per heavy atom. The first kappa shape index (κ1) is 19.2. The number of carboxylic acids is 1. The van der Waals surface area contributed by atoms with E-state index in [2.05, 4.69) is 15.2 Å². The molecule has 1 aromatic carbocycles. The van der Waals surface area contributed by atoms with Crippen LogP contribution in [0.5, 0.6) is 5.75 Å². The Balaban J connectivity index is 1.87. The summed E-state index contributed by atoms with van der Waals surface area (Å²) in [4.78, 5) is 29.0. The van der Waals surface area contributed by atoms with Crippen molar-refractivity contribution in [2.75, 3.05) is 7.11 Å². The first-order valence-corrected chi connectivity index (χ1v) is 9.14. The largest absolute Gasteiger partial charge is 0.497 e. The van der Waals surface area contributed by atoms with Gasteiger partial charge >= 0.3 is 5.97 Å². The number of amides is 1. The summed E-state index contributed by atoms with van der Waals surface area (Å²) < 4.78 is 6.63. The van der Waals surface area contributed by atoms with E-state index in [4.69, 9.17) is 10.5 Å². The summed E-state index contributed by atoms with van der Waals surface area (Å²) in [5.74, 6) is -1.20. The van der Waals surface area contributed by atoms with E-state index in [-0.39, 0.29) is 12.1 Å². The third-order valence-corrected chi connectivity index (χ3v) is 4.90. The molecule has 4 aromatic rings. The highest BCUT2D eigenvalue weighted by Gasteiger charge is 2.27. The molecule has 0 saturated carbocycles. The van der Waals surface area contributed by atoms with Gasteiger partial charge in [-0.15, -0.1) is 0 Å². The summed E-state index contributed by atoms with van der Waals surface area (Å²) >= 11 is 0. The molecule has 3 heterocycles. The zero-order valence-electron chi connectivity index (χ0n) is 16.1. The summed E-state index contributed by atoms with van der Waals surface area (Å²) in [6, 6.07) is 11.3. The van der Waals surface area contributed by atoms with Crippen molar-refractivity contribution in [3.8, 4) is 17.0 Å². The second-order valence-corrected chi connectivity index (χ2v) is 6.77. The number of nitrogens with one attached hydrogen (secondary N) is 1. The lowest BCUT2D eigenvalue weighted by molar-refractivity contribution is -0.121. The van der Waals surface area contributed by atoms with Crippen molar-refractivity contribution in [3.05, 3.63) is 66.1 Å². The topological polar surface area (TPSA) is 136 Å². The number of pyridine rings is 1. The molecule has 0 aliphatic rings. The Labute approximate surface area is 171 Å². The molecule has 9 heteroatoms. The number of carboxylic acid groups (broad SMARTS) is 1. The van der Waals surface area contributed by atoms with E-state index >= 15 is 0 Å². The number of ether oxygens (including phenoxy) is 1. The molecule has 4 N–H and O–H groups in total. The third-order valence-electron chi connectivity index (χ3n) is 4.90. The fourth-order valence-electron chi connectivity index (χ4n) is 3.47. The Hall–Kier alpha value is -4.14. The Bertz CT molecular complexity index is 1230. The molecular weight excluding hydrogens is 386 g/mol. The molecule has 9 nitrogen and oxygen atoms in total. The monoisotopic (exact) mass is 405 g/mol. The highest BCUT2D eigenvalue weighted by Crippen LogP contribution is 2.28. The molecule has 0 spiro atoms. The number of hydrogen-bond acceptors (Lipinski definition) is 5. The SMILES string of the molecule is COc1cccc(CC(C(N)=O)n2c(C(=O)O)cc3ccc(-c4cn[nH]c4)nc32)c1. The van der Waals surface area contributed by atoms with Gasteiger partial charge in [0.15, 0.2) is 0 Å². The van der Waals surface area contributed by atoms with Crippen LogP contribution in [0.25, 0.3) is 22.3 Å². The summed E-state index contributed by atoms with van der Waals surface area (Å²) in [5, 5.41) is 17.0. The minimum Gasteiger partial charge on any atom is -0.497 e. The van der Waals surface area contributed by atoms with Crippen molar-refractivity contribution in [1.29, 1.82) is 0 Å². The highest BCUT2D eigenvalue weighted by molar-refractivity contribution is 5.95. The van der Waals surface area contributed by atoms with Crippen LogP contribution >= 0.6 is 0 Å². The van der Waals surface area contributed by atoms with Crippen LogP contribution in [0.1, 0.15) is 22.1 Å². The number of hydrogen-bond donors (Lipinski definition) is 3. The van der Waals surface area contributed by atoms with Crippen LogP contribution in [0, 0.1) is 0 Å². The maximum atomic E-state index is 12.4. The number of nitrogens with two attached hydrogens (primary N) is 1. The summed E-state index contributed by atoms with van der Waals surface area (Å²) in [6.45, 7) is 0. The average Bonchev–Trinajstić information content (AvgIpc) is 3.39. The van der Waals surface area contributed by atoms with Crippen LogP contribution in [0.4, 0.5) is 0 Å². The van der Waals surface area contributed by atoms with E-state index in [1.807, 2.05) is 6.07 Å². The lowest BCUT2D eigenvalue weighted by Gasteiger charge is -2.19. The molecule has 0 saturated heterocycles. The predicted octanol–water partition coefficient (Wildman–Crippen LogP) is 2.40. The quantitative estimate of drug-likeness (QED) is 0.432. The van der Waals surface area contributed by atoms with E-state index in [9.17, 15) is 14.7 Å². The average molecular weight is 405 g/mol. The number of carbonyl (C=O) groups is 2.